The average molecular weight is 540 g/mol. The zero-order valence-corrected chi connectivity index (χ0v) is 21.0. The van der Waals surface area contributed by atoms with E-state index in [1.54, 1.807) is 18.2 Å². The number of rotatable bonds is 8. The molecule has 0 aliphatic carbocycles. The van der Waals surface area contributed by atoms with E-state index in [2.05, 4.69) is 10.7 Å². The Morgan fingerprint density at radius 3 is 2.16 bits per heavy atom. The van der Waals surface area contributed by atoms with E-state index in [0.717, 1.165) is 16.1 Å². The van der Waals surface area contributed by atoms with Crippen LogP contribution in [0.15, 0.2) is 78.9 Å². The largest absolute Gasteiger partial charge is 0.455 e. The van der Waals surface area contributed by atoms with Gasteiger partial charge in [0.2, 0.25) is 5.91 Å². The number of nitrogens with zero attached hydrogens (tertiary/aromatic N) is 1. The Kier molecular flexibility index (Phi) is 8.43. The lowest BCUT2D eigenvalue weighted by molar-refractivity contribution is -0.151. The zero-order valence-electron chi connectivity index (χ0n) is 19.5. The predicted molar refractivity (Wildman–Crippen MR) is 139 cm³/mol. The third-order valence-electron chi connectivity index (χ3n) is 5.80. The fourth-order valence-corrected chi connectivity index (χ4v) is 4.35. The monoisotopic (exact) mass is 539 g/mol. The van der Waals surface area contributed by atoms with Gasteiger partial charge < -0.3 is 10.1 Å². The highest BCUT2D eigenvalue weighted by atomic mass is 35.5. The Balaban J connectivity index is 1.35. The zero-order chi connectivity index (χ0) is 26.4. The summed E-state index contributed by atoms with van der Waals surface area (Å²) in [5.74, 6) is -3.64. The van der Waals surface area contributed by atoms with E-state index in [4.69, 9.17) is 27.9 Å². The molecule has 1 atom stereocenters. The van der Waals surface area contributed by atoms with Crippen LogP contribution in [0.2, 0.25) is 10.0 Å². The molecule has 3 aromatic carbocycles. The van der Waals surface area contributed by atoms with Crippen LogP contribution in [-0.2, 0) is 23.9 Å². The maximum atomic E-state index is 13.3. The first-order valence-corrected chi connectivity index (χ1v) is 12.2. The van der Waals surface area contributed by atoms with Crippen molar-refractivity contribution in [3.8, 4) is 0 Å². The van der Waals surface area contributed by atoms with Crippen molar-refractivity contribution in [3.63, 3.8) is 0 Å². The van der Waals surface area contributed by atoms with Crippen LogP contribution in [0, 0.1) is 5.92 Å². The maximum absolute atomic E-state index is 13.3. The number of nitrogens with one attached hydrogen (secondary N) is 2. The summed E-state index contributed by atoms with van der Waals surface area (Å²) in [5.41, 5.74) is 4.46. The van der Waals surface area contributed by atoms with Crippen LogP contribution in [0.5, 0.6) is 0 Å². The standard InChI is InChI=1S/C27H23Cl2N3O5/c28-20-12-7-13-21(25(20)29)30-22(33)16-37-27(36)19-14-23(34)32(15-19)31-26(35)24(17-8-3-1-4-9-17)18-10-5-2-6-11-18/h1-13,19,24H,14-16H2,(H,30,33)(H,31,35)/t19-/m0/s1. The number of halogens is 2. The first kappa shape index (κ1) is 26.2. The first-order chi connectivity index (χ1) is 17.8. The first-order valence-electron chi connectivity index (χ1n) is 11.4. The van der Waals surface area contributed by atoms with Gasteiger partial charge in [-0.1, -0.05) is 89.9 Å². The molecule has 1 heterocycles. The van der Waals surface area contributed by atoms with E-state index >= 15 is 0 Å². The number of ether oxygens (including phenoxy) is 1. The number of amides is 3. The molecule has 0 bridgehead atoms. The number of hydrazine groups is 1. The summed E-state index contributed by atoms with van der Waals surface area (Å²) in [4.78, 5) is 50.6. The van der Waals surface area contributed by atoms with Gasteiger partial charge in [-0.25, -0.2) is 0 Å². The predicted octanol–water partition coefficient (Wildman–Crippen LogP) is 4.19. The molecular weight excluding hydrogens is 517 g/mol. The smallest absolute Gasteiger partial charge is 0.311 e. The second-order valence-corrected chi connectivity index (χ2v) is 9.18. The second kappa shape index (κ2) is 11.9. The SMILES string of the molecule is O=C(COC(=O)[C@H]1CC(=O)N(NC(=O)C(c2ccccc2)c2ccccc2)C1)Nc1cccc(Cl)c1Cl. The minimum atomic E-state index is -0.831. The van der Waals surface area contributed by atoms with E-state index in [-0.39, 0.29) is 28.7 Å². The summed E-state index contributed by atoms with van der Waals surface area (Å²) in [7, 11) is 0. The fourth-order valence-electron chi connectivity index (χ4n) is 4.00. The summed E-state index contributed by atoms with van der Waals surface area (Å²) in [6, 6.07) is 23.1. The van der Waals surface area contributed by atoms with Gasteiger partial charge in [-0.3, -0.25) is 29.6 Å². The van der Waals surface area contributed by atoms with E-state index < -0.39 is 42.1 Å². The lowest BCUT2D eigenvalue weighted by Crippen LogP contribution is -2.45. The molecule has 1 fully saturated rings. The van der Waals surface area contributed by atoms with Crippen molar-refractivity contribution < 1.29 is 23.9 Å². The Bertz CT molecular complexity index is 1260. The molecule has 37 heavy (non-hydrogen) atoms. The van der Waals surface area contributed by atoms with Crippen molar-refractivity contribution in [2.24, 2.45) is 5.92 Å². The molecular formula is C27H23Cl2N3O5. The van der Waals surface area contributed by atoms with Crippen LogP contribution in [0.4, 0.5) is 5.69 Å². The topological polar surface area (TPSA) is 105 Å². The number of carbonyl (C=O) groups excluding carboxylic acids is 4. The van der Waals surface area contributed by atoms with Crippen molar-refractivity contribution in [2.75, 3.05) is 18.5 Å². The molecule has 2 N–H and O–H groups in total. The minimum Gasteiger partial charge on any atom is -0.455 e. The van der Waals surface area contributed by atoms with Gasteiger partial charge in [-0.2, -0.15) is 0 Å². The summed E-state index contributed by atoms with van der Waals surface area (Å²) in [6.45, 7) is -0.635. The molecule has 0 aromatic heterocycles. The molecule has 1 saturated heterocycles. The number of benzene rings is 3. The fraction of sp³-hybridized carbons (Fsp3) is 0.185. The molecule has 0 radical (unpaired) electrons. The summed E-state index contributed by atoms with van der Waals surface area (Å²) in [6.07, 6.45) is -0.151. The highest BCUT2D eigenvalue weighted by Gasteiger charge is 2.37. The molecule has 0 unspecified atom stereocenters. The minimum absolute atomic E-state index is 0.0680. The Hall–Kier alpha value is -3.88. The molecule has 190 valence electrons. The summed E-state index contributed by atoms with van der Waals surface area (Å²) in [5, 5.41) is 4.08. The average Bonchev–Trinajstić information content (AvgIpc) is 3.26. The van der Waals surface area contributed by atoms with Crippen molar-refractivity contribution in [1.82, 2.24) is 10.4 Å². The van der Waals surface area contributed by atoms with Crippen LogP contribution in [0.25, 0.3) is 0 Å². The lowest BCUT2D eigenvalue weighted by atomic mass is 9.91. The van der Waals surface area contributed by atoms with Crippen molar-refractivity contribution in [2.45, 2.75) is 12.3 Å². The number of hydrogen-bond donors (Lipinski definition) is 2. The van der Waals surface area contributed by atoms with E-state index in [1.807, 2.05) is 60.7 Å². The third-order valence-corrected chi connectivity index (χ3v) is 6.62. The van der Waals surface area contributed by atoms with Crippen LogP contribution < -0.4 is 10.7 Å². The van der Waals surface area contributed by atoms with Gasteiger partial charge in [-0.15, -0.1) is 0 Å². The number of carbonyl (C=O) groups is 4. The van der Waals surface area contributed by atoms with Crippen molar-refractivity contribution in [1.29, 1.82) is 0 Å². The molecule has 3 aromatic rings. The van der Waals surface area contributed by atoms with Gasteiger partial charge in [0.1, 0.15) is 0 Å². The molecule has 0 spiro atoms. The highest BCUT2D eigenvalue weighted by molar-refractivity contribution is 6.44. The van der Waals surface area contributed by atoms with Gasteiger partial charge in [-0.05, 0) is 23.3 Å². The van der Waals surface area contributed by atoms with E-state index in [0.29, 0.717) is 0 Å². The Morgan fingerprint density at radius 2 is 1.54 bits per heavy atom. The van der Waals surface area contributed by atoms with Crippen LogP contribution in [-0.4, -0.2) is 41.9 Å². The summed E-state index contributed by atoms with van der Waals surface area (Å²) >= 11 is 12.0. The van der Waals surface area contributed by atoms with Crippen LogP contribution in [0.3, 0.4) is 0 Å². The normalized spacial score (nSPS) is 14.9. The Labute approximate surface area is 223 Å². The highest BCUT2D eigenvalue weighted by Crippen LogP contribution is 2.29. The number of anilines is 1. The van der Waals surface area contributed by atoms with Gasteiger partial charge in [0.05, 0.1) is 34.1 Å². The van der Waals surface area contributed by atoms with E-state index in [1.165, 1.54) is 0 Å². The molecule has 3 amide bonds. The van der Waals surface area contributed by atoms with Crippen LogP contribution in [0.1, 0.15) is 23.5 Å². The summed E-state index contributed by atoms with van der Waals surface area (Å²) < 4.78 is 5.10. The molecule has 1 aliphatic rings. The van der Waals surface area contributed by atoms with Gasteiger partial charge in [0, 0.05) is 6.42 Å². The van der Waals surface area contributed by atoms with Crippen LogP contribution >= 0.6 is 23.2 Å². The molecule has 10 heteroatoms. The second-order valence-electron chi connectivity index (χ2n) is 8.39. The van der Waals surface area contributed by atoms with Crippen molar-refractivity contribution in [3.05, 3.63) is 100 Å². The van der Waals surface area contributed by atoms with E-state index in [9.17, 15) is 19.2 Å². The molecule has 0 saturated carbocycles. The molecule has 1 aliphatic heterocycles. The lowest BCUT2D eigenvalue weighted by Gasteiger charge is -2.23. The van der Waals surface area contributed by atoms with Gasteiger partial charge in [0.25, 0.3) is 11.8 Å². The third kappa shape index (κ3) is 6.47. The quantitative estimate of drug-likeness (QED) is 0.417. The maximum Gasteiger partial charge on any atom is 0.311 e. The van der Waals surface area contributed by atoms with Gasteiger partial charge in [0.15, 0.2) is 6.61 Å². The molecule has 8 nitrogen and oxygen atoms in total. The number of esters is 1. The van der Waals surface area contributed by atoms with Crippen molar-refractivity contribution >= 4 is 52.6 Å². The number of hydrogen-bond acceptors (Lipinski definition) is 5. The Morgan fingerprint density at radius 1 is 0.919 bits per heavy atom. The molecule has 4 rings (SSSR count). The van der Waals surface area contributed by atoms with Gasteiger partial charge >= 0.3 is 5.97 Å².